The van der Waals surface area contributed by atoms with Crippen LogP contribution in [0.25, 0.3) is 0 Å². The van der Waals surface area contributed by atoms with Crippen molar-refractivity contribution in [3.63, 3.8) is 0 Å². The summed E-state index contributed by atoms with van der Waals surface area (Å²) in [4.78, 5) is 21.5. The Morgan fingerprint density at radius 1 is 1.43 bits per heavy atom. The van der Waals surface area contributed by atoms with Crippen LogP contribution in [-0.2, 0) is 16.0 Å². The molecular weight excluding hydrogens is 188 g/mol. The molecule has 2 N–H and O–H groups in total. The van der Waals surface area contributed by atoms with E-state index >= 15 is 0 Å². The Bertz CT molecular complexity index is 324. The van der Waals surface area contributed by atoms with E-state index in [2.05, 4.69) is 0 Å². The minimum atomic E-state index is -1.84. The number of carboxylic acids is 2. The number of hydrogen-bond acceptors (Lipinski definition) is 3. The van der Waals surface area contributed by atoms with E-state index in [9.17, 15) is 9.59 Å². The van der Waals surface area contributed by atoms with Crippen LogP contribution in [0.15, 0.2) is 22.8 Å². The zero-order chi connectivity index (χ0) is 10.8. The van der Waals surface area contributed by atoms with Gasteiger partial charge in [-0.25, -0.2) is 0 Å². The molecule has 1 aromatic rings. The van der Waals surface area contributed by atoms with Crippen molar-refractivity contribution in [1.82, 2.24) is 0 Å². The molecule has 5 heteroatoms. The highest BCUT2D eigenvalue weighted by Crippen LogP contribution is 2.23. The fourth-order valence-electron chi connectivity index (χ4n) is 1.00. The van der Waals surface area contributed by atoms with Gasteiger partial charge in [0, 0.05) is 6.42 Å². The van der Waals surface area contributed by atoms with E-state index in [-0.39, 0.29) is 6.42 Å². The van der Waals surface area contributed by atoms with Gasteiger partial charge in [0.05, 0.1) is 6.26 Å². The lowest BCUT2D eigenvalue weighted by Crippen LogP contribution is -2.38. The van der Waals surface area contributed by atoms with Crippen LogP contribution in [0.1, 0.15) is 12.7 Å². The summed E-state index contributed by atoms with van der Waals surface area (Å²) >= 11 is 0. The number of furan rings is 1. The highest BCUT2D eigenvalue weighted by atomic mass is 16.4. The second-order valence-electron chi connectivity index (χ2n) is 3.20. The Morgan fingerprint density at radius 2 is 2.00 bits per heavy atom. The van der Waals surface area contributed by atoms with Crippen LogP contribution >= 0.6 is 0 Å². The Balaban J connectivity index is 2.91. The van der Waals surface area contributed by atoms with Gasteiger partial charge < -0.3 is 14.6 Å². The largest absolute Gasteiger partial charge is 0.480 e. The second-order valence-corrected chi connectivity index (χ2v) is 3.20. The zero-order valence-electron chi connectivity index (χ0n) is 7.56. The third-order valence-electron chi connectivity index (χ3n) is 2.05. The number of hydrogen-bond donors (Lipinski definition) is 2. The number of aliphatic carboxylic acids is 2. The maximum absolute atomic E-state index is 10.8. The Kier molecular flexibility index (Phi) is 2.60. The van der Waals surface area contributed by atoms with Gasteiger partial charge in [-0.05, 0) is 19.1 Å². The van der Waals surface area contributed by atoms with Crippen LogP contribution in [-0.4, -0.2) is 22.2 Å². The lowest BCUT2D eigenvalue weighted by atomic mass is 9.86. The van der Waals surface area contributed by atoms with Crippen molar-refractivity contribution in [3.8, 4) is 0 Å². The molecule has 0 aliphatic heterocycles. The summed E-state index contributed by atoms with van der Waals surface area (Å²) in [5, 5.41) is 17.6. The SMILES string of the molecule is CC(Cc1ccco1)(C(=O)O)C(=O)O. The lowest BCUT2D eigenvalue weighted by Gasteiger charge is -2.17. The summed E-state index contributed by atoms with van der Waals surface area (Å²) in [5.41, 5.74) is -1.84. The molecule has 0 aromatic carbocycles. The summed E-state index contributed by atoms with van der Waals surface area (Å²) < 4.78 is 4.90. The number of rotatable bonds is 4. The van der Waals surface area contributed by atoms with Crippen LogP contribution < -0.4 is 0 Å². The molecule has 1 aromatic heterocycles. The van der Waals surface area contributed by atoms with Gasteiger partial charge >= 0.3 is 11.9 Å². The van der Waals surface area contributed by atoms with Gasteiger partial charge in [0.2, 0.25) is 0 Å². The summed E-state index contributed by atoms with van der Waals surface area (Å²) in [6.45, 7) is 1.15. The molecule has 0 aliphatic rings. The first kappa shape index (κ1) is 10.3. The van der Waals surface area contributed by atoms with Crippen molar-refractivity contribution in [1.29, 1.82) is 0 Å². The van der Waals surface area contributed by atoms with E-state index in [1.54, 1.807) is 12.1 Å². The van der Waals surface area contributed by atoms with E-state index in [0.717, 1.165) is 6.92 Å². The van der Waals surface area contributed by atoms with Crippen molar-refractivity contribution < 1.29 is 24.2 Å². The fraction of sp³-hybridized carbons (Fsp3) is 0.333. The number of carboxylic acid groups (broad SMARTS) is 2. The molecule has 1 rings (SSSR count). The molecule has 0 unspecified atom stereocenters. The average molecular weight is 198 g/mol. The molecule has 0 saturated heterocycles. The van der Waals surface area contributed by atoms with Crippen molar-refractivity contribution >= 4 is 11.9 Å². The quantitative estimate of drug-likeness (QED) is 0.704. The van der Waals surface area contributed by atoms with Gasteiger partial charge in [0.15, 0.2) is 5.41 Å². The Labute approximate surface area is 80.0 Å². The molecular formula is C9H10O5. The van der Waals surface area contributed by atoms with Gasteiger partial charge in [0.25, 0.3) is 0 Å². The zero-order valence-corrected chi connectivity index (χ0v) is 7.56. The minimum Gasteiger partial charge on any atom is -0.480 e. The van der Waals surface area contributed by atoms with Gasteiger partial charge in [-0.2, -0.15) is 0 Å². The first-order valence-electron chi connectivity index (χ1n) is 3.96. The van der Waals surface area contributed by atoms with Crippen LogP contribution in [0.5, 0.6) is 0 Å². The molecule has 0 radical (unpaired) electrons. The van der Waals surface area contributed by atoms with Crippen molar-refractivity contribution in [3.05, 3.63) is 24.2 Å². The lowest BCUT2D eigenvalue weighted by molar-refractivity contribution is -0.163. The van der Waals surface area contributed by atoms with Crippen LogP contribution in [0.2, 0.25) is 0 Å². The first-order valence-corrected chi connectivity index (χ1v) is 3.96. The van der Waals surface area contributed by atoms with Crippen molar-refractivity contribution in [2.45, 2.75) is 13.3 Å². The molecule has 5 nitrogen and oxygen atoms in total. The normalized spacial score (nSPS) is 11.2. The standard InChI is InChI=1S/C9H10O5/c1-9(7(10)11,8(12)13)5-6-3-2-4-14-6/h2-4H,5H2,1H3,(H,10,11)(H,12,13). The summed E-state index contributed by atoms with van der Waals surface area (Å²) in [7, 11) is 0. The first-order chi connectivity index (χ1) is 6.47. The van der Waals surface area contributed by atoms with Crippen LogP contribution in [0.3, 0.4) is 0 Å². The van der Waals surface area contributed by atoms with E-state index in [0.29, 0.717) is 5.76 Å². The summed E-state index contributed by atoms with van der Waals surface area (Å²) in [5.74, 6) is -2.40. The summed E-state index contributed by atoms with van der Waals surface area (Å²) in [6, 6.07) is 3.13. The maximum atomic E-state index is 10.8. The van der Waals surface area contributed by atoms with Gasteiger partial charge in [-0.15, -0.1) is 0 Å². The predicted molar refractivity (Wildman–Crippen MR) is 45.8 cm³/mol. The smallest absolute Gasteiger partial charge is 0.321 e. The topological polar surface area (TPSA) is 87.7 Å². The Morgan fingerprint density at radius 3 is 2.36 bits per heavy atom. The van der Waals surface area contributed by atoms with E-state index in [1.807, 2.05) is 0 Å². The van der Waals surface area contributed by atoms with Crippen molar-refractivity contribution in [2.24, 2.45) is 5.41 Å². The van der Waals surface area contributed by atoms with E-state index in [1.165, 1.54) is 6.26 Å². The average Bonchev–Trinajstić information content (AvgIpc) is 2.55. The minimum absolute atomic E-state index is 0.162. The molecule has 0 fully saturated rings. The molecule has 0 amide bonds. The Hall–Kier alpha value is -1.78. The molecule has 0 atom stereocenters. The predicted octanol–water partition coefficient (Wildman–Crippen LogP) is 0.998. The molecule has 0 saturated carbocycles. The summed E-state index contributed by atoms with van der Waals surface area (Å²) in [6.07, 6.45) is 1.21. The molecule has 76 valence electrons. The highest BCUT2D eigenvalue weighted by Gasteiger charge is 2.42. The fourth-order valence-corrected chi connectivity index (χ4v) is 1.00. The van der Waals surface area contributed by atoms with Gasteiger partial charge in [-0.3, -0.25) is 9.59 Å². The van der Waals surface area contributed by atoms with Crippen LogP contribution in [0.4, 0.5) is 0 Å². The van der Waals surface area contributed by atoms with Crippen LogP contribution in [0, 0.1) is 5.41 Å². The van der Waals surface area contributed by atoms with Gasteiger partial charge in [0.1, 0.15) is 5.76 Å². The number of carbonyl (C=O) groups is 2. The third-order valence-corrected chi connectivity index (χ3v) is 2.05. The molecule has 0 aliphatic carbocycles. The molecule has 0 spiro atoms. The highest BCUT2D eigenvalue weighted by molar-refractivity contribution is 5.97. The second kappa shape index (κ2) is 3.53. The molecule has 1 heterocycles. The maximum Gasteiger partial charge on any atom is 0.321 e. The van der Waals surface area contributed by atoms with E-state index in [4.69, 9.17) is 14.6 Å². The molecule has 0 bridgehead atoms. The van der Waals surface area contributed by atoms with E-state index < -0.39 is 17.4 Å². The van der Waals surface area contributed by atoms with Gasteiger partial charge in [-0.1, -0.05) is 0 Å². The monoisotopic (exact) mass is 198 g/mol. The van der Waals surface area contributed by atoms with Crippen molar-refractivity contribution in [2.75, 3.05) is 0 Å². The third kappa shape index (κ3) is 1.76. The molecule has 14 heavy (non-hydrogen) atoms.